The first-order valence-corrected chi connectivity index (χ1v) is 7.14. The highest BCUT2D eigenvalue weighted by molar-refractivity contribution is 7.17. The minimum atomic E-state index is 0.337. The van der Waals surface area contributed by atoms with Crippen LogP contribution in [-0.4, -0.2) is 24.4 Å². The molecule has 0 N–H and O–H groups in total. The van der Waals surface area contributed by atoms with E-state index in [1.54, 1.807) is 0 Å². The summed E-state index contributed by atoms with van der Waals surface area (Å²) in [7, 11) is 0. The monoisotopic (exact) mass is 272 g/mol. The van der Waals surface area contributed by atoms with Crippen molar-refractivity contribution < 1.29 is 4.79 Å². The summed E-state index contributed by atoms with van der Waals surface area (Å²) in [5, 5.41) is 1.22. The SMILES string of the molecule is CCC1(C)CCN(c2nc(Cl)c(C=O)s2)CC1. The number of piperidine rings is 1. The van der Waals surface area contributed by atoms with Crippen molar-refractivity contribution >= 4 is 34.4 Å². The summed E-state index contributed by atoms with van der Waals surface area (Å²) in [6.07, 6.45) is 4.36. The van der Waals surface area contributed by atoms with Crippen molar-refractivity contribution in [3.8, 4) is 0 Å². The number of nitrogens with zero attached hydrogens (tertiary/aromatic N) is 2. The Morgan fingerprint density at radius 2 is 2.18 bits per heavy atom. The maximum absolute atomic E-state index is 10.7. The Labute approximate surface area is 111 Å². The highest BCUT2D eigenvalue weighted by Crippen LogP contribution is 2.37. The summed E-state index contributed by atoms with van der Waals surface area (Å²) in [5.41, 5.74) is 0.463. The van der Waals surface area contributed by atoms with Crippen molar-refractivity contribution in [2.24, 2.45) is 5.41 Å². The molecule has 2 heterocycles. The fourth-order valence-electron chi connectivity index (χ4n) is 2.10. The molecule has 1 aromatic rings. The van der Waals surface area contributed by atoms with Crippen LogP contribution in [0.4, 0.5) is 5.13 Å². The second-order valence-corrected chi connectivity index (χ2v) is 6.29. The van der Waals surface area contributed by atoms with Crippen molar-refractivity contribution in [2.75, 3.05) is 18.0 Å². The Hall–Kier alpha value is -0.610. The van der Waals surface area contributed by atoms with Crippen LogP contribution < -0.4 is 4.90 Å². The van der Waals surface area contributed by atoms with Crippen molar-refractivity contribution in [1.82, 2.24) is 4.98 Å². The molecule has 0 saturated carbocycles. The van der Waals surface area contributed by atoms with Crippen molar-refractivity contribution in [3.63, 3.8) is 0 Å². The number of rotatable bonds is 3. The Morgan fingerprint density at radius 3 is 2.65 bits per heavy atom. The van der Waals surface area contributed by atoms with E-state index in [0.717, 1.165) is 24.5 Å². The molecule has 1 aliphatic heterocycles. The van der Waals surface area contributed by atoms with Crippen LogP contribution >= 0.6 is 22.9 Å². The Bertz CT molecular complexity index is 411. The van der Waals surface area contributed by atoms with Gasteiger partial charge in [-0.15, -0.1) is 0 Å². The lowest BCUT2D eigenvalue weighted by Gasteiger charge is -2.38. The number of anilines is 1. The lowest BCUT2D eigenvalue weighted by Crippen LogP contribution is -2.38. The zero-order valence-corrected chi connectivity index (χ0v) is 11.8. The van der Waals surface area contributed by atoms with Crippen LogP contribution in [0.15, 0.2) is 0 Å². The van der Waals surface area contributed by atoms with E-state index < -0.39 is 0 Å². The predicted octanol–water partition coefficient (Wildman–Crippen LogP) is 3.63. The van der Waals surface area contributed by atoms with Gasteiger partial charge in [-0.25, -0.2) is 4.98 Å². The molecule has 94 valence electrons. The van der Waals surface area contributed by atoms with Crippen LogP contribution in [0, 0.1) is 5.41 Å². The molecule has 0 spiro atoms. The second kappa shape index (κ2) is 4.94. The third-order valence-corrected chi connectivity index (χ3v) is 5.24. The molecule has 2 rings (SSSR count). The van der Waals surface area contributed by atoms with Crippen LogP contribution in [0.5, 0.6) is 0 Å². The average Bonchev–Trinajstić information content (AvgIpc) is 2.71. The van der Waals surface area contributed by atoms with Gasteiger partial charge in [0.15, 0.2) is 16.6 Å². The largest absolute Gasteiger partial charge is 0.348 e. The van der Waals surface area contributed by atoms with E-state index in [4.69, 9.17) is 11.6 Å². The fourth-order valence-corrected chi connectivity index (χ4v) is 3.22. The van der Waals surface area contributed by atoms with Gasteiger partial charge in [0.25, 0.3) is 0 Å². The first-order valence-electron chi connectivity index (χ1n) is 5.94. The number of carbonyl (C=O) groups excluding carboxylic acids is 1. The van der Waals surface area contributed by atoms with Gasteiger partial charge in [0, 0.05) is 13.1 Å². The molecule has 1 fully saturated rings. The van der Waals surface area contributed by atoms with E-state index in [1.165, 1.54) is 30.6 Å². The standard InChI is InChI=1S/C12H17ClN2OS/c1-3-12(2)4-6-15(7-5-12)11-14-10(13)9(8-16)17-11/h8H,3-7H2,1-2H3. The summed E-state index contributed by atoms with van der Waals surface area (Å²) in [4.78, 5) is 17.8. The average molecular weight is 273 g/mol. The van der Waals surface area contributed by atoms with Crippen molar-refractivity contribution in [2.45, 2.75) is 33.1 Å². The zero-order valence-electron chi connectivity index (χ0n) is 10.2. The van der Waals surface area contributed by atoms with Gasteiger partial charge in [0.2, 0.25) is 0 Å². The fraction of sp³-hybridized carbons (Fsp3) is 0.667. The molecule has 0 amide bonds. The highest BCUT2D eigenvalue weighted by Gasteiger charge is 2.29. The highest BCUT2D eigenvalue weighted by atomic mass is 35.5. The van der Waals surface area contributed by atoms with E-state index >= 15 is 0 Å². The molecule has 0 atom stereocenters. The summed E-state index contributed by atoms with van der Waals surface area (Å²) in [6.45, 7) is 6.61. The molecule has 1 saturated heterocycles. The van der Waals surface area contributed by atoms with E-state index in [-0.39, 0.29) is 0 Å². The Kier molecular flexibility index (Phi) is 3.73. The molecular formula is C12H17ClN2OS. The lowest BCUT2D eigenvalue weighted by atomic mass is 9.78. The van der Waals surface area contributed by atoms with E-state index in [2.05, 4.69) is 23.7 Å². The van der Waals surface area contributed by atoms with Gasteiger partial charge < -0.3 is 4.90 Å². The van der Waals surface area contributed by atoms with Gasteiger partial charge in [-0.3, -0.25) is 4.79 Å². The van der Waals surface area contributed by atoms with Gasteiger partial charge in [-0.2, -0.15) is 0 Å². The number of aromatic nitrogens is 1. The summed E-state index contributed by atoms with van der Waals surface area (Å²) in [5.74, 6) is 0. The van der Waals surface area contributed by atoms with Crippen LogP contribution in [0.25, 0.3) is 0 Å². The number of hydrogen-bond acceptors (Lipinski definition) is 4. The first kappa shape index (κ1) is 12.8. The normalized spacial score (nSPS) is 19.4. The van der Waals surface area contributed by atoms with Crippen LogP contribution in [0.2, 0.25) is 5.15 Å². The van der Waals surface area contributed by atoms with Gasteiger partial charge in [-0.05, 0) is 18.3 Å². The lowest BCUT2D eigenvalue weighted by molar-refractivity contribution is 0.112. The van der Waals surface area contributed by atoms with Crippen LogP contribution in [0.1, 0.15) is 42.8 Å². The topological polar surface area (TPSA) is 33.2 Å². The summed E-state index contributed by atoms with van der Waals surface area (Å²) in [6, 6.07) is 0. The first-order chi connectivity index (χ1) is 8.08. The molecule has 0 aromatic carbocycles. The number of thiazole rings is 1. The van der Waals surface area contributed by atoms with E-state index in [0.29, 0.717) is 15.4 Å². The minimum absolute atomic E-state index is 0.337. The minimum Gasteiger partial charge on any atom is -0.348 e. The molecule has 0 radical (unpaired) electrons. The van der Waals surface area contributed by atoms with Crippen LogP contribution in [-0.2, 0) is 0 Å². The van der Waals surface area contributed by atoms with Crippen LogP contribution in [0.3, 0.4) is 0 Å². The maximum atomic E-state index is 10.7. The number of aldehydes is 1. The molecule has 1 aliphatic rings. The van der Waals surface area contributed by atoms with Gasteiger partial charge in [0.1, 0.15) is 4.88 Å². The molecule has 3 nitrogen and oxygen atoms in total. The summed E-state index contributed by atoms with van der Waals surface area (Å²) >= 11 is 7.28. The number of hydrogen-bond donors (Lipinski definition) is 0. The smallest absolute Gasteiger partial charge is 0.187 e. The Balaban J connectivity index is 2.07. The van der Waals surface area contributed by atoms with Gasteiger partial charge in [0.05, 0.1) is 0 Å². The summed E-state index contributed by atoms with van der Waals surface area (Å²) < 4.78 is 0. The van der Waals surface area contributed by atoms with E-state index in [9.17, 15) is 4.79 Å². The number of halogens is 1. The Morgan fingerprint density at radius 1 is 1.53 bits per heavy atom. The quantitative estimate of drug-likeness (QED) is 0.788. The third kappa shape index (κ3) is 2.63. The predicted molar refractivity (Wildman–Crippen MR) is 72.4 cm³/mol. The molecule has 5 heteroatoms. The molecular weight excluding hydrogens is 256 g/mol. The second-order valence-electron chi connectivity index (χ2n) is 4.92. The van der Waals surface area contributed by atoms with Gasteiger partial charge >= 0.3 is 0 Å². The third-order valence-electron chi connectivity index (χ3n) is 3.80. The maximum Gasteiger partial charge on any atom is 0.187 e. The molecule has 0 unspecified atom stereocenters. The molecule has 0 aliphatic carbocycles. The number of carbonyl (C=O) groups is 1. The van der Waals surface area contributed by atoms with Crippen molar-refractivity contribution in [3.05, 3.63) is 10.0 Å². The van der Waals surface area contributed by atoms with Gasteiger partial charge in [-0.1, -0.05) is 43.2 Å². The molecule has 1 aromatic heterocycles. The molecule has 0 bridgehead atoms. The zero-order chi connectivity index (χ0) is 12.5. The van der Waals surface area contributed by atoms with E-state index in [1.807, 2.05) is 0 Å². The molecule has 17 heavy (non-hydrogen) atoms. The van der Waals surface area contributed by atoms with Crippen molar-refractivity contribution in [1.29, 1.82) is 0 Å².